The number of furan rings is 1. The number of aryl methyl sites for hydroxylation is 1. The van der Waals surface area contributed by atoms with Crippen molar-refractivity contribution in [3.05, 3.63) is 36.3 Å². The molecule has 0 spiro atoms. The second kappa shape index (κ2) is 9.30. The average molecular weight is 308 g/mol. The number of amides is 1. The van der Waals surface area contributed by atoms with Gasteiger partial charge in [0.1, 0.15) is 11.4 Å². The van der Waals surface area contributed by atoms with Crippen molar-refractivity contribution in [3.63, 3.8) is 0 Å². The molecular weight excluding hydrogens is 280 g/mol. The van der Waals surface area contributed by atoms with Crippen LogP contribution in [0.1, 0.15) is 39.9 Å². The van der Waals surface area contributed by atoms with Crippen LogP contribution in [-0.4, -0.2) is 30.8 Å². The molecule has 0 fully saturated rings. The molecular formula is C17H28N2O3. The van der Waals surface area contributed by atoms with Gasteiger partial charge in [-0.2, -0.15) is 0 Å². The lowest BCUT2D eigenvalue weighted by Crippen LogP contribution is -2.32. The van der Waals surface area contributed by atoms with E-state index in [1.807, 2.05) is 45.1 Å². The highest BCUT2D eigenvalue weighted by Crippen LogP contribution is 2.06. The van der Waals surface area contributed by atoms with Crippen molar-refractivity contribution in [1.29, 1.82) is 0 Å². The van der Waals surface area contributed by atoms with Gasteiger partial charge >= 0.3 is 6.09 Å². The molecule has 1 rings (SSSR count). The van der Waals surface area contributed by atoms with Crippen LogP contribution in [0.15, 0.2) is 35.0 Å². The predicted molar refractivity (Wildman–Crippen MR) is 87.9 cm³/mol. The highest BCUT2D eigenvalue weighted by Gasteiger charge is 2.14. The molecule has 2 N–H and O–H groups in total. The van der Waals surface area contributed by atoms with Gasteiger partial charge in [-0.3, -0.25) is 0 Å². The Morgan fingerprint density at radius 3 is 2.73 bits per heavy atom. The van der Waals surface area contributed by atoms with Gasteiger partial charge in [-0.25, -0.2) is 4.79 Å². The molecule has 0 aliphatic rings. The van der Waals surface area contributed by atoms with Gasteiger partial charge in [0.2, 0.25) is 0 Å². The van der Waals surface area contributed by atoms with Crippen LogP contribution in [0, 0.1) is 0 Å². The zero-order valence-electron chi connectivity index (χ0n) is 14.0. The summed E-state index contributed by atoms with van der Waals surface area (Å²) in [6.07, 6.45) is 7.19. The van der Waals surface area contributed by atoms with Crippen LogP contribution in [-0.2, 0) is 11.2 Å². The Morgan fingerprint density at radius 2 is 2.09 bits per heavy atom. The average Bonchev–Trinajstić information content (AvgIpc) is 2.91. The minimum absolute atomic E-state index is 0.392. The van der Waals surface area contributed by atoms with Crippen molar-refractivity contribution in [2.75, 3.05) is 13.1 Å². The van der Waals surface area contributed by atoms with E-state index < -0.39 is 11.7 Å². The first-order valence-corrected chi connectivity index (χ1v) is 7.74. The van der Waals surface area contributed by atoms with Crippen LogP contribution in [0.3, 0.4) is 0 Å². The fourth-order valence-electron chi connectivity index (χ4n) is 1.81. The van der Waals surface area contributed by atoms with Crippen LogP contribution in [0.4, 0.5) is 4.79 Å². The molecule has 0 bridgehead atoms. The number of carbonyl (C=O) groups excluding carboxylic acids is 1. The summed E-state index contributed by atoms with van der Waals surface area (Å²) in [5, 5.41) is 6.08. The van der Waals surface area contributed by atoms with E-state index in [4.69, 9.17) is 9.15 Å². The summed E-state index contributed by atoms with van der Waals surface area (Å²) < 4.78 is 10.4. The summed E-state index contributed by atoms with van der Waals surface area (Å²) >= 11 is 0. The van der Waals surface area contributed by atoms with E-state index in [9.17, 15) is 4.79 Å². The van der Waals surface area contributed by atoms with Gasteiger partial charge in [-0.15, -0.1) is 0 Å². The zero-order valence-corrected chi connectivity index (χ0v) is 14.0. The first-order valence-electron chi connectivity index (χ1n) is 7.74. The highest BCUT2D eigenvalue weighted by atomic mass is 16.6. The van der Waals surface area contributed by atoms with Crippen LogP contribution >= 0.6 is 0 Å². The summed E-state index contributed by atoms with van der Waals surface area (Å²) in [5.41, 5.74) is -0.460. The van der Waals surface area contributed by atoms with Crippen LogP contribution in [0.25, 0.3) is 0 Å². The molecule has 1 aromatic heterocycles. The molecule has 0 aliphatic heterocycles. The Hall–Kier alpha value is -1.75. The lowest BCUT2D eigenvalue weighted by molar-refractivity contribution is 0.0534. The van der Waals surface area contributed by atoms with Gasteiger partial charge in [0.25, 0.3) is 0 Å². The fourth-order valence-corrected chi connectivity index (χ4v) is 1.81. The van der Waals surface area contributed by atoms with E-state index in [0.717, 1.165) is 25.1 Å². The van der Waals surface area contributed by atoms with Crippen LogP contribution < -0.4 is 10.6 Å². The second-order valence-electron chi connectivity index (χ2n) is 6.28. The van der Waals surface area contributed by atoms with Crippen molar-refractivity contribution in [1.82, 2.24) is 10.6 Å². The van der Waals surface area contributed by atoms with E-state index >= 15 is 0 Å². The minimum atomic E-state index is -0.460. The molecule has 0 aliphatic carbocycles. The van der Waals surface area contributed by atoms with E-state index in [1.54, 1.807) is 6.26 Å². The summed E-state index contributed by atoms with van der Waals surface area (Å²) in [4.78, 5) is 11.4. The van der Waals surface area contributed by atoms with Crippen molar-refractivity contribution >= 4 is 6.09 Å². The topological polar surface area (TPSA) is 63.5 Å². The maximum Gasteiger partial charge on any atom is 0.407 e. The molecule has 5 nitrogen and oxygen atoms in total. The monoisotopic (exact) mass is 308 g/mol. The van der Waals surface area contributed by atoms with E-state index in [0.29, 0.717) is 12.6 Å². The third-order valence-corrected chi connectivity index (χ3v) is 2.92. The second-order valence-corrected chi connectivity index (χ2v) is 6.28. The molecule has 5 heteroatoms. The molecule has 22 heavy (non-hydrogen) atoms. The number of ether oxygens (including phenoxy) is 1. The van der Waals surface area contributed by atoms with Crippen molar-refractivity contribution in [3.8, 4) is 0 Å². The molecule has 1 aromatic rings. The van der Waals surface area contributed by atoms with Gasteiger partial charge in [-0.05, 0) is 46.2 Å². The maximum absolute atomic E-state index is 11.4. The lowest BCUT2D eigenvalue weighted by Gasteiger charge is -2.19. The molecule has 1 unspecified atom stereocenters. The Morgan fingerprint density at radius 1 is 1.36 bits per heavy atom. The van der Waals surface area contributed by atoms with Gasteiger partial charge in [0, 0.05) is 25.6 Å². The molecule has 0 saturated carbocycles. The normalized spacial score (nSPS) is 13.3. The molecule has 1 heterocycles. The summed E-state index contributed by atoms with van der Waals surface area (Å²) in [5.74, 6) is 1.02. The molecule has 0 radical (unpaired) electrons. The number of hydrogen-bond donors (Lipinski definition) is 2. The highest BCUT2D eigenvalue weighted by molar-refractivity contribution is 5.67. The summed E-state index contributed by atoms with van der Waals surface area (Å²) in [6.45, 7) is 8.92. The SMILES string of the molecule is CC(CCc1ccco1)NC/C=C/CNC(=O)OC(C)(C)C. The van der Waals surface area contributed by atoms with Gasteiger partial charge in [0.05, 0.1) is 6.26 Å². The molecule has 0 aromatic carbocycles. The number of rotatable bonds is 8. The largest absolute Gasteiger partial charge is 0.469 e. The van der Waals surface area contributed by atoms with E-state index in [-0.39, 0.29) is 0 Å². The molecule has 0 saturated heterocycles. The number of nitrogens with one attached hydrogen (secondary N) is 2. The summed E-state index contributed by atoms with van der Waals surface area (Å²) in [7, 11) is 0. The van der Waals surface area contributed by atoms with Gasteiger partial charge in [0.15, 0.2) is 0 Å². The van der Waals surface area contributed by atoms with Crippen molar-refractivity contribution in [2.24, 2.45) is 0 Å². The van der Waals surface area contributed by atoms with Gasteiger partial charge < -0.3 is 19.8 Å². The number of hydrogen-bond acceptors (Lipinski definition) is 4. The van der Waals surface area contributed by atoms with Crippen LogP contribution in [0.5, 0.6) is 0 Å². The molecule has 1 atom stereocenters. The van der Waals surface area contributed by atoms with Crippen LogP contribution in [0.2, 0.25) is 0 Å². The minimum Gasteiger partial charge on any atom is -0.469 e. The number of alkyl carbamates (subject to hydrolysis) is 1. The van der Waals surface area contributed by atoms with E-state index in [1.165, 1.54) is 0 Å². The molecule has 1 amide bonds. The number of carbonyl (C=O) groups is 1. The third kappa shape index (κ3) is 9.23. The van der Waals surface area contributed by atoms with Crippen molar-refractivity contribution in [2.45, 2.75) is 52.2 Å². The first-order chi connectivity index (χ1) is 10.4. The van der Waals surface area contributed by atoms with Crippen molar-refractivity contribution < 1.29 is 13.9 Å². The quantitative estimate of drug-likeness (QED) is 0.724. The Labute approximate surface area is 133 Å². The zero-order chi connectivity index (χ0) is 16.4. The maximum atomic E-state index is 11.4. The molecule has 124 valence electrons. The lowest BCUT2D eigenvalue weighted by atomic mass is 10.1. The fraction of sp³-hybridized carbons (Fsp3) is 0.588. The standard InChI is InChI=1S/C17H28N2O3/c1-14(9-10-15-8-7-13-21-15)18-11-5-6-12-19-16(20)22-17(2,3)4/h5-8,13-14,18H,9-12H2,1-4H3,(H,19,20)/b6-5+. The third-order valence-electron chi connectivity index (χ3n) is 2.92. The Kier molecular flexibility index (Phi) is 7.74. The van der Waals surface area contributed by atoms with Gasteiger partial charge in [-0.1, -0.05) is 12.2 Å². The predicted octanol–water partition coefficient (Wildman–Crippen LogP) is 3.27. The van der Waals surface area contributed by atoms with E-state index in [2.05, 4.69) is 17.6 Å². The summed E-state index contributed by atoms with van der Waals surface area (Å²) in [6, 6.07) is 4.32. The first kappa shape index (κ1) is 18.3. The smallest absolute Gasteiger partial charge is 0.407 e. The Balaban J connectivity index is 2.04. The Bertz CT molecular complexity index is 447.